The van der Waals surface area contributed by atoms with Gasteiger partial charge in [-0.2, -0.15) is 5.26 Å². The monoisotopic (exact) mass is 178 g/mol. The van der Waals surface area contributed by atoms with Crippen molar-refractivity contribution in [3.8, 4) is 6.07 Å². The van der Waals surface area contributed by atoms with Gasteiger partial charge in [-0.3, -0.25) is 4.99 Å². The highest BCUT2D eigenvalue weighted by atomic mass is 14.7. The molecular formula is C11H18N2. The van der Waals surface area contributed by atoms with Gasteiger partial charge in [0.2, 0.25) is 0 Å². The summed E-state index contributed by atoms with van der Waals surface area (Å²) in [5.41, 5.74) is 1.28. The lowest BCUT2D eigenvalue weighted by Gasteiger charge is -1.96. The molecule has 72 valence electrons. The first-order valence-corrected chi connectivity index (χ1v) is 5.28. The van der Waals surface area contributed by atoms with Crippen molar-refractivity contribution in [3.63, 3.8) is 0 Å². The largest absolute Gasteiger partial charge is 0.294 e. The van der Waals surface area contributed by atoms with Crippen LogP contribution in [-0.4, -0.2) is 12.3 Å². The first-order chi connectivity index (χ1) is 6.36. The SMILES string of the molecule is CCCCCN=C1CCC(C#N)C1. The molecule has 0 spiro atoms. The minimum atomic E-state index is 0.255. The molecule has 1 aliphatic rings. The summed E-state index contributed by atoms with van der Waals surface area (Å²) in [6.07, 6.45) is 6.76. The van der Waals surface area contributed by atoms with Crippen LogP contribution in [0.1, 0.15) is 45.4 Å². The summed E-state index contributed by atoms with van der Waals surface area (Å²) in [4.78, 5) is 4.52. The number of hydrogen-bond acceptors (Lipinski definition) is 2. The van der Waals surface area contributed by atoms with Gasteiger partial charge in [-0.15, -0.1) is 0 Å². The topological polar surface area (TPSA) is 36.1 Å². The predicted molar refractivity (Wildman–Crippen MR) is 54.8 cm³/mol. The van der Waals surface area contributed by atoms with Gasteiger partial charge in [-0.25, -0.2) is 0 Å². The third kappa shape index (κ3) is 3.59. The summed E-state index contributed by atoms with van der Waals surface area (Å²) in [6, 6.07) is 2.31. The van der Waals surface area contributed by atoms with Gasteiger partial charge in [0.05, 0.1) is 12.0 Å². The Labute approximate surface area is 80.7 Å². The maximum atomic E-state index is 8.69. The van der Waals surface area contributed by atoms with Gasteiger partial charge in [-0.1, -0.05) is 19.8 Å². The molecule has 0 amide bonds. The zero-order chi connectivity index (χ0) is 9.52. The van der Waals surface area contributed by atoms with E-state index in [1.807, 2.05) is 0 Å². The normalized spacial score (nSPS) is 24.9. The molecule has 1 saturated carbocycles. The molecule has 0 aromatic heterocycles. The maximum absolute atomic E-state index is 8.69. The van der Waals surface area contributed by atoms with Crippen LogP contribution in [0.4, 0.5) is 0 Å². The van der Waals surface area contributed by atoms with E-state index in [0.29, 0.717) is 0 Å². The summed E-state index contributed by atoms with van der Waals surface area (Å²) in [5, 5.41) is 8.69. The number of nitrogens with zero attached hydrogens (tertiary/aromatic N) is 2. The fourth-order valence-electron chi connectivity index (χ4n) is 1.68. The van der Waals surface area contributed by atoms with E-state index in [4.69, 9.17) is 5.26 Å². The van der Waals surface area contributed by atoms with Crippen LogP contribution in [-0.2, 0) is 0 Å². The standard InChI is InChI=1S/C11H18N2/c1-2-3-4-7-13-11-6-5-10(8-11)9-12/h10H,2-8H2,1H3. The van der Waals surface area contributed by atoms with Gasteiger partial charge in [0.1, 0.15) is 0 Å². The summed E-state index contributed by atoms with van der Waals surface area (Å²) in [7, 11) is 0. The lowest BCUT2D eigenvalue weighted by Crippen LogP contribution is -1.94. The van der Waals surface area contributed by atoms with Crippen LogP contribution in [0, 0.1) is 17.2 Å². The predicted octanol–water partition coefficient (Wildman–Crippen LogP) is 2.94. The zero-order valence-electron chi connectivity index (χ0n) is 8.42. The molecule has 0 heterocycles. The van der Waals surface area contributed by atoms with Crippen molar-refractivity contribution in [2.24, 2.45) is 10.9 Å². The minimum absolute atomic E-state index is 0.255. The van der Waals surface area contributed by atoms with Crippen molar-refractivity contribution in [1.82, 2.24) is 0 Å². The van der Waals surface area contributed by atoms with Crippen LogP contribution < -0.4 is 0 Å². The van der Waals surface area contributed by atoms with Gasteiger partial charge in [0.25, 0.3) is 0 Å². The quantitative estimate of drug-likeness (QED) is 0.610. The molecule has 2 nitrogen and oxygen atoms in total. The average Bonchev–Trinajstić information content (AvgIpc) is 2.60. The van der Waals surface area contributed by atoms with E-state index in [-0.39, 0.29) is 5.92 Å². The van der Waals surface area contributed by atoms with E-state index in [0.717, 1.165) is 25.8 Å². The van der Waals surface area contributed by atoms with E-state index in [2.05, 4.69) is 18.0 Å². The van der Waals surface area contributed by atoms with Crippen molar-refractivity contribution in [1.29, 1.82) is 5.26 Å². The molecule has 2 heteroatoms. The first kappa shape index (κ1) is 10.2. The number of unbranched alkanes of at least 4 members (excludes halogenated alkanes) is 2. The number of rotatable bonds is 4. The Kier molecular flexibility index (Phi) is 4.53. The van der Waals surface area contributed by atoms with Crippen molar-refractivity contribution in [2.45, 2.75) is 45.4 Å². The van der Waals surface area contributed by atoms with Gasteiger partial charge in [-0.05, 0) is 19.3 Å². The molecular weight excluding hydrogens is 160 g/mol. The Balaban J connectivity index is 2.18. The Morgan fingerprint density at radius 1 is 1.54 bits per heavy atom. The Bertz CT molecular complexity index is 213. The third-order valence-corrected chi connectivity index (χ3v) is 2.54. The average molecular weight is 178 g/mol. The third-order valence-electron chi connectivity index (χ3n) is 2.54. The van der Waals surface area contributed by atoms with E-state index in [1.54, 1.807) is 0 Å². The highest BCUT2D eigenvalue weighted by Crippen LogP contribution is 2.22. The van der Waals surface area contributed by atoms with Crippen LogP contribution in [0.3, 0.4) is 0 Å². The van der Waals surface area contributed by atoms with Gasteiger partial charge >= 0.3 is 0 Å². The van der Waals surface area contributed by atoms with Crippen molar-refractivity contribution in [2.75, 3.05) is 6.54 Å². The molecule has 0 N–H and O–H groups in total. The minimum Gasteiger partial charge on any atom is -0.294 e. The van der Waals surface area contributed by atoms with Gasteiger partial charge < -0.3 is 0 Å². The highest BCUT2D eigenvalue weighted by molar-refractivity contribution is 5.86. The summed E-state index contributed by atoms with van der Waals surface area (Å²) in [6.45, 7) is 3.18. The molecule has 0 aromatic rings. The van der Waals surface area contributed by atoms with E-state index in [9.17, 15) is 0 Å². The smallest absolute Gasteiger partial charge is 0.0659 e. The summed E-state index contributed by atoms with van der Waals surface area (Å²) >= 11 is 0. The first-order valence-electron chi connectivity index (χ1n) is 5.28. The van der Waals surface area contributed by atoms with E-state index < -0.39 is 0 Å². The summed E-state index contributed by atoms with van der Waals surface area (Å²) in [5.74, 6) is 0.255. The second kappa shape index (κ2) is 5.75. The van der Waals surface area contributed by atoms with Crippen molar-refractivity contribution >= 4 is 5.71 Å². The van der Waals surface area contributed by atoms with E-state index in [1.165, 1.54) is 25.0 Å². The summed E-state index contributed by atoms with van der Waals surface area (Å²) < 4.78 is 0. The Hall–Kier alpha value is -0.840. The van der Waals surface area contributed by atoms with Gasteiger partial charge in [0.15, 0.2) is 0 Å². The fraction of sp³-hybridized carbons (Fsp3) is 0.818. The number of hydrogen-bond donors (Lipinski definition) is 0. The number of aliphatic imine (C=N–C) groups is 1. The van der Waals surface area contributed by atoms with Crippen molar-refractivity contribution in [3.05, 3.63) is 0 Å². The second-order valence-corrected chi connectivity index (χ2v) is 3.72. The second-order valence-electron chi connectivity index (χ2n) is 3.72. The lowest BCUT2D eigenvalue weighted by molar-refractivity contribution is 0.710. The molecule has 1 aliphatic carbocycles. The zero-order valence-corrected chi connectivity index (χ0v) is 8.42. The maximum Gasteiger partial charge on any atom is 0.0659 e. The Morgan fingerprint density at radius 2 is 2.38 bits per heavy atom. The highest BCUT2D eigenvalue weighted by Gasteiger charge is 2.19. The van der Waals surface area contributed by atoms with Crippen LogP contribution in [0.2, 0.25) is 0 Å². The molecule has 1 unspecified atom stereocenters. The van der Waals surface area contributed by atoms with Crippen LogP contribution in [0.5, 0.6) is 0 Å². The molecule has 1 fully saturated rings. The molecule has 13 heavy (non-hydrogen) atoms. The van der Waals surface area contributed by atoms with Crippen molar-refractivity contribution < 1.29 is 0 Å². The number of nitriles is 1. The van der Waals surface area contributed by atoms with E-state index >= 15 is 0 Å². The molecule has 0 radical (unpaired) electrons. The fourth-order valence-corrected chi connectivity index (χ4v) is 1.68. The molecule has 1 rings (SSSR count). The van der Waals surface area contributed by atoms with Crippen LogP contribution in [0.15, 0.2) is 4.99 Å². The van der Waals surface area contributed by atoms with Crippen LogP contribution >= 0.6 is 0 Å². The molecule has 0 aromatic carbocycles. The molecule has 0 saturated heterocycles. The molecule has 0 aliphatic heterocycles. The lowest BCUT2D eigenvalue weighted by atomic mass is 10.1. The molecule has 1 atom stereocenters. The van der Waals surface area contributed by atoms with Crippen LogP contribution in [0.25, 0.3) is 0 Å². The van der Waals surface area contributed by atoms with Gasteiger partial charge in [0, 0.05) is 18.7 Å². The molecule has 0 bridgehead atoms. The Morgan fingerprint density at radius 3 is 3.00 bits per heavy atom.